The third-order valence-electron chi connectivity index (χ3n) is 2.96. The zero-order chi connectivity index (χ0) is 14.0. The molecular formula is C15H15ClN2O. The van der Waals surface area contributed by atoms with Gasteiger partial charge in [-0.15, -0.1) is 0 Å². The van der Waals surface area contributed by atoms with Crippen LogP contribution < -0.4 is 11.1 Å². The van der Waals surface area contributed by atoms with Crippen molar-refractivity contribution < 1.29 is 4.79 Å². The molecule has 2 aromatic carbocycles. The molecule has 2 aromatic rings. The van der Waals surface area contributed by atoms with Crippen LogP contribution >= 0.6 is 11.6 Å². The van der Waals surface area contributed by atoms with Gasteiger partial charge in [0.2, 0.25) is 0 Å². The van der Waals surface area contributed by atoms with Crippen LogP contribution in [0.2, 0.25) is 5.02 Å². The van der Waals surface area contributed by atoms with E-state index in [4.69, 9.17) is 17.3 Å². The molecule has 0 saturated heterocycles. The van der Waals surface area contributed by atoms with E-state index in [0.717, 1.165) is 11.1 Å². The quantitative estimate of drug-likeness (QED) is 0.819. The zero-order valence-electron chi connectivity index (χ0n) is 10.8. The second kappa shape index (κ2) is 5.33. The standard InChI is InChI=1S/C15H15ClN2O/c1-9-3-5-12(8-14(9)17)18-15(19)11-4-6-13(16)10(2)7-11/h3-8H,17H2,1-2H3,(H,18,19). The first-order chi connectivity index (χ1) is 8.97. The number of carbonyl (C=O) groups excluding carboxylic acids is 1. The molecule has 0 bridgehead atoms. The summed E-state index contributed by atoms with van der Waals surface area (Å²) >= 11 is 5.94. The van der Waals surface area contributed by atoms with Gasteiger partial charge in [-0.2, -0.15) is 0 Å². The molecule has 0 aliphatic heterocycles. The predicted molar refractivity (Wildman–Crippen MR) is 79.7 cm³/mol. The molecule has 1 amide bonds. The van der Waals surface area contributed by atoms with Gasteiger partial charge in [0.15, 0.2) is 0 Å². The number of rotatable bonds is 2. The van der Waals surface area contributed by atoms with Crippen LogP contribution in [0.15, 0.2) is 36.4 Å². The molecule has 0 atom stereocenters. The number of anilines is 2. The highest BCUT2D eigenvalue weighted by molar-refractivity contribution is 6.31. The largest absolute Gasteiger partial charge is 0.398 e. The van der Waals surface area contributed by atoms with Gasteiger partial charge in [-0.1, -0.05) is 17.7 Å². The molecule has 0 spiro atoms. The third kappa shape index (κ3) is 3.06. The number of nitrogen functional groups attached to an aromatic ring is 1. The average molecular weight is 275 g/mol. The molecule has 0 saturated carbocycles. The second-order valence-electron chi connectivity index (χ2n) is 4.49. The van der Waals surface area contributed by atoms with Crippen molar-refractivity contribution in [1.82, 2.24) is 0 Å². The van der Waals surface area contributed by atoms with Crippen molar-refractivity contribution in [1.29, 1.82) is 0 Å². The van der Waals surface area contributed by atoms with E-state index >= 15 is 0 Å². The Bertz CT molecular complexity index is 638. The van der Waals surface area contributed by atoms with Crippen molar-refractivity contribution in [3.63, 3.8) is 0 Å². The smallest absolute Gasteiger partial charge is 0.255 e. The third-order valence-corrected chi connectivity index (χ3v) is 3.38. The molecule has 98 valence electrons. The zero-order valence-corrected chi connectivity index (χ0v) is 11.6. The maximum atomic E-state index is 12.1. The van der Waals surface area contributed by atoms with Crippen LogP contribution in [0.5, 0.6) is 0 Å². The van der Waals surface area contributed by atoms with Gasteiger partial charge in [-0.25, -0.2) is 0 Å². The maximum Gasteiger partial charge on any atom is 0.255 e. The van der Waals surface area contributed by atoms with E-state index in [9.17, 15) is 4.79 Å². The molecule has 19 heavy (non-hydrogen) atoms. The molecule has 2 rings (SSSR count). The van der Waals surface area contributed by atoms with Crippen LogP contribution in [0, 0.1) is 13.8 Å². The summed E-state index contributed by atoms with van der Waals surface area (Å²) in [6.07, 6.45) is 0. The van der Waals surface area contributed by atoms with Crippen LogP contribution in [0.25, 0.3) is 0 Å². The number of nitrogens with two attached hydrogens (primary N) is 1. The summed E-state index contributed by atoms with van der Waals surface area (Å²) in [5, 5.41) is 3.46. The van der Waals surface area contributed by atoms with Crippen LogP contribution in [-0.2, 0) is 0 Å². The fraction of sp³-hybridized carbons (Fsp3) is 0.133. The Balaban J connectivity index is 2.20. The highest BCUT2D eigenvalue weighted by Gasteiger charge is 2.08. The number of halogens is 1. The summed E-state index contributed by atoms with van der Waals surface area (Å²) in [5.74, 6) is -0.178. The number of hydrogen-bond donors (Lipinski definition) is 2. The summed E-state index contributed by atoms with van der Waals surface area (Å²) in [6, 6.07) is 10.6. The summed E-state index contributed by atoms with van der Waals surface area (Å²) in [7, 11) is 0. The number of aryl methyl sites for hydroxylation is 2. The fourth-order valence-corrected chi connectivity index (χ4v) is 1.82. The van der Waals surface area contributed by atoms with Gasteiger partial charge in [0.05, 0.1) is 0 Å². The minimum atomic E-state index is -0.178. The Labute approximate surface area is 117 Å². The van der Waals surface area contributed by atoms with Crippen molar-refractivity contribution in [3.05, 3.63) is 58.1 Å². The molecule has 0 aromatic heterocycles. The van der Waals surface area contributed by atoms with Gasteiger partial charge >= 0.3 is 0 Å². The van der Waals surface area contributed by atoms with E-state index in [0.29, 0.717) is 22.0 Å². The SMILES string of the molecule is Cc1ccc(NC(=O)c2ccc(Cl)c(C)c2)cc1N. The van der Waals surface area contributed by atoms with E-state index in [-0.39, 0.29) is 5.91 Å². The maximum absolute atomic E-state index is 12.1. The summed E-state index contributed by atoms with van der Waals surface area (Å²) in [6.45, 7) is 3.78. The van der Waals surface area contributed by atoms with Crippen LogP contribution in [0.4, 0.5) is 11.4 Å². The van der Waals surface area contributed by atoms with Crippen LogP contribution in [-0.4, -0.2) is 5.91 Å². The first-order valence-corrected chi connectivity index (χ1v) is 6.29. The molecule has 0 fully saturated rings. The van der Waals surface area contributed by atoms with E-state index in [1.807, 2.05) is 26.0 Å². The summed E-state index contributed by atoms with van der Waals surface area (Å²) < 4.78 is 0. The van der Waals surface area contributed by atoms with E-state index < -0.39 is 0 Å². The first-order valence-electron chi connectivity index (χ1n) is 5.91. The summed E-state index contributed by atoms with van der Waals surface area (Å²) in [4.78, 5) is 12.1. The lowest BCUT2D eigenvalue weighted by Crippen LogP contribution is -2.12. The van der Waals surface area contributed by atoms with E-state index in [1.54, 1.807) is 24.3 Å². The summed E-state index contributed by atoms with van der Waals surface area (Å²) in [5.41, 5.74) is 9.58. The first kappa shape index (κ1) is 13.4. The van der Waals surface area contributed by atoms with Crippen molar-refractivity contribution in [2.45, 2.75) is 13.8 Å². The Kier molecular flexibility index (Phi) is 3.76. The predicted octanol–water partition coefficient (Wildman–Crippen LogP) is 3.79. The van der Waals surface area contributed by atoms with Crippen molar-refractivity contribution >= 4 is 28.9 Å². The molecular weight excluding hydrogens is 260 g/mol. The molecule has 3 N–H and O–H groups in total. The minimum absolute atomic E-state index is 0.178. The van der Waals surface area contributed by atoms with Crippen LogP contribution in [0.1, 0.15) is 21.5 Å². The molecule has 3 nitrogen and oxygen atoms in total. The molecule has 0 heterocycles. The Morgan fingerprint density at radius 3 is 2.47 bits per heavy atom. The molecule has 0 aliphatic carbocycles. The lowest BCUT2D eigenvalue weighted by Gasteiger charge is -2.08. The van der Waals surface area contributed by atoms with Crippen molar-refractivity contribution in [3.8, 4) is 0 Å². The molecule has 0 radical (unpaired) electrons. The van der Waals surface area contributed by atoms with E-state index in [1.165, 1.54) is 0 Å². The van der Waals surface area contributed by atoms with Gasteiger partial charge in [-0.3, -0.25) is 4.79 Å². The fourth-order valence-electron chi connectivity index (χ4n) is 1.71. The van der Waals surface area contributed by atoms with Gasteiger partial charge < -0.3 is 11.1 Å². The number of amides is 1. The number of benzene rings is 2. The monoisotopic (exact) mass is 274 g/mol. The van der Waals surface area contributed by atoms with Gasteiger partial charge in [-0.05, 0) is 55.3 Å². The lowest BCUT2D eigenvalue weighted by atomic mass is 10.1. The van der Waals surface area contributed by atoms with Crippen molar-refractivity contribution in [2.75, 3.05) is 11.1 Å². The Hall–Kier alpha value is -2.00. The topological polar surface area (TPSA) is 55.1 Å². The molecule has 4 heteroatoms. The van der Waals surface area contributed by atoms with Gasteiger partial charge in [0.25, 0.3) is 5.91 Å². The average Bonchev–Trinajstić information content (AvgIpc) is 2.37. The highest BCUT2D eigenvalue weighted by Crippen LogP contribution is 2.19. The Morgan fingerprint density at radius 1 is 1.11 bits per heavy atom. The lowest BCUT2D eigenvalue weighted by molar-refractivity contribution is 0.102. The number of carbonyl (C=O) groups is 1. The second-order valence-corrected chi connectivity index (χ2v) is 4.90. The van der Waals surface area contributed by atoms with Crippen LogP contribution in [0.3, 0.4) is 0 Å². The number of hydrogen-bond acceptors (Lipinski definition) is 2. The minimum Gasteiger partial charge on any atom is -0.398 e. The normalized spacial score (nSPS) is 10.3. The van der Waals surface area contributed by atoms with Crippen molar-refractivity contribution in [2.24, 2.45) is 0 Å². The van der Waals surface area contributed by atoms with E-state index in [2.05, 4.69) is 5.32 Å². The molecule has 0 unspecified atom stereocenters. The molecule has 0 aliphatic rings. The van der Waals surface area contributed by atoms with Gasteiger partial charge in [0, 0.05) is 22.0 Å². The highest BCUT2D eigenvalue weighted by atomic mass is 35.5. The number of nitrogens with one attached hydrogen (secondary N) is 1. The Morgan fingerprint density at radius 2 is 1.84 bits per heavy atom. The van der Waals surface area contributed by atoms with Gasteiger partial charge in [0.1, 0.15) is 0 Å².